The average molecular weight is 493 g/mol. The average Bonchev–Trinajstić information content (AvgIpc) is 2.57. The zero-order chi connectivity index (χ0) is 18.3. The number of nitrogens with zero attached hydrogens (tertiary/aromatic N) is 1. The molecule has 148 valence electrons. The van der Waals surface area contributed by atoms with E-state index in [1.807, 2.05) is 12.1 Å². The maximum absolute atomic E-state index is 11.5. The van der Waals surface area contributed by atoms with Gasteiger partial charge in [0.1, 0.15) is 0 Å². The molecule has 1 aromatic carbocycles. The number of hydrogen-bond donors (Lipinski definition) is 2. The smallest absolute Gasteiger partial charge is 0.191 e. The van der Waals surface area contributed by atoms with Crippen molar-refractivity contribution in [2.45, 2.75) is 56.9 Å². The molecule has 0 aromatic heterocycles. The van der Waals surface area contributed by atoms with Crippen LogP contribution in [0.25, 0.3) is 0 Å². The van der Waals surface area contributed by atoms with Crippen molar-refractivity contribution in [2.24, 2.45) is 10.9 Å². The molecule has 5 nitrogen and oxygen atoms in total. The number of nitrogens with one attached hydrogen (secondary N) is 2. The Hall–Kier alpha value is -0.830. The van der Waals surface area contributed by atoms with E-state index < -0.39 is 9.84 Å². The number of benzene rings is 1. The molecule has 0 amide bonds. The van der Waals surface area contributed by atoms with E-state index in [2.05, 4.69) is 29.5 Å². The minimum Gasteiger partial charge on any atom is -0.357 e. The number of guanidine groups is 1. The summed E-state index contributed by atoms with van der Waals surface area (Å²) >= 11 is 0. The molecule has 7 heteroatoms. The van der Waals surface area contributed by atoms with Crippen molar-refractivity contribution in [2.75, 3.05) is 19.3 Å². The van der Waals surface area contributed by atoms with Crippen LogP contribution >= 0.6 is 24.0 Å². The topological polar surface area (TPSA) is 70.6 Å². The van der Waals surface area contributed by atoms with Crippen molar-refractivity contribution in [3.8, 4) is 0 Å². The Kier molecular flexibility index (Phi) is 9.92. The molecule has 0 unspecified atom stereocenters. The lowest BCUT2D eigenvalue weighted by Gasteiger charge is -2.28. The van der Waals surface area contributed by atoms with Gasteiger partial charge in [0.25, 0.3) is 0 Å². The standard InChI is InChI=1S/C19H31N3O2S.HI/c1-4-20-19(22-17-9-5-15(2)6-10-17)21-14-13-16-7-11-18(12-8-16)25(3,23)24;/h7-8,11-12,15,17H,4-6,9-10,13-14H2,1-3H3,(H2,20,21,22);1H. The first-order valence-corrected chi connectivity index (χ1v) is 11.1. The predicted octanol–water partition coefficient (Wildman–Crippen LogP) is 3.38. The summed E-state index contributed by atoms with van der Waals surface area (Å²) in [5.41, 5.74) is 1.10. The van der Waals surface area contributed by atoms with Gasteiger partial charge in [-0.3, -0.25) is 4.99 Å². The SMILES string of the molecule is CCNC(=NCCc1ccc(S(C)(=O)=O)cc1)NC1CCC(C)CC1.I. The van der Waals surface area contributed by atoms with E-state index in [9.17, 15) is 8.42 Å². The second-order valence-corrected chi connectivity index (χ2v) is 9.04. The quantitative estimate of drug-likeness (QED) is 0.362. The fourth-order valence-corrected chi connectivity index (χ4v) is 3.75. The van der Waals surface area contributed by atoms with Gasteiger partial charge < -0.3 is 10.6 Å². The lowest BCUT2D eigenvalue weighted by Crippen LogP contribution is -2.44. The molecule has 0 aliphatic heterocycles. The summed E-state index contributed by atoms with van der Waals surface area (Å²) in [6.07, 6.45) is 7.00. The Balaban J connectivity index is 0.00000338. The van der Waals surface area contributed by atoms with Crippen molar-refractivity contribution >= 4 is 39.8 Å². The van der Waals surface area contributed by atoms with E-state index in [1.54, 1.807) is 12.1 Å². The van der Waals surface area contributed by atoms with Crippen LogP contribution in [0.15, 0.2) is 34.2 Å². The van der Waals surface area contributed by atoms with Crippen LogP contribution in [0.2, 0.25) is 0 Å². The van der Waals surface area contributed by atoms with Crippen molar-refractivity contribution in [3.05, 3.63) is 29.8 Å². The molecular weight excluding hydrogens is 461 g/mol. The van der Waals surface area contributed by atoms with Crippen molar-refractivity contribution in [3.63, 3.8) is 0 Å². The van der Waals surface area contributed by atoms with Crippen LogP contribution in [-0.4, -0.2) is 39.8 Å². The van der Waals surface area contributed by atoms with Crippen LogP contribution in [0.1, 0.15) is 45.1 Å². The van der Waals surface area contributed by atoms with Crippen LogP contribution in [0.3, 0.4) is 0 Å². The minimum absolute atomic E-state index is 0. The van der Waals surface area contributed by atoms with E-state index in [-0.39, 0.29) is 24.0 Å². The van der Waals surface area contributed by atoms with Gasteiger partial charge in [0.15, 0.2) is 15.8 Å². The van der Waals surface area contributed by atoms with Gasteiger partial charge in [-0.2, -0.15) is 0 Å². The first kappa shape index (κ1) is 23.2. The summed E-state index contributed by atoms with van der Waals surface area (Å²) in [6, 6.07) is 7.59. The molecule has 2 N–H and O–H groups in total. The zero-order valence-corrected chi connectivity index (χ0v) is 19.1. The molecule has 0 heterocycles. The van der Waals surface area contributed by atoms with Crippen molar-refractivity contribution < 1.29 is 8.42 Å². The molecule has 0 saturated heterocycles. The second-order valence-electron chi connectivity index (χ2n) is 7.03. The van der Waals surface area contributed by atoms with Gasteiger partial charge in [-0.15, -0.1) is 24.0 Å². The zero-order valence-electron chi connectivity index (χ0n) is 16.0. The highest BCUT2D eigenvalue weighted by atomic mass is 127. The maximum Gasteiger partial charge on any atom is 0.191 e. The molecule has 0 atom stereocenters. The molecule has 0 radical (unpaired) electrons. The predicted molar refractivity (Wildman–Crippen MR) is 119 cm³/mol. The van der Waals surface area contributed by atoms with E-state index in [4.69, 9.17) is 0 Å². The molecule has 26 heavy (non-hydrogen) atoms. The lowest BCUT2D eigenvalue weighted by atomic mass is 9.87. The number of sulfone groups is 1. The van der Waals surface area contributed by atoms with Crippen LogP contribution in [0.4, 0.5) is 0 Å². The highest BCUT2D eigenvalue weighted by Gasteiger charge is 2.18. The van der Waals surface area contributed by atoms with Gasteiger partial charge in [-0.25, -0.2) is 8.42 Å². The van der Waals surface area contributed by atoms with Gasteiger partial charge >= 0.3 is 0 Å². The third kappa shape index (κ3) is 7.82. The Morgan fingerprint density at radius 2 is 1.77 bits per heavy atom. The lowest BCUT2D eigenvalue weighted by molar-refractivity contribution is 0.329. The van der Waals surface area contributed by atoms with Crippen molar-refractivity contribution in [1.82, 2.24) is 10.6 Å². The molecule has 1 saturated carbocycles. The monoisotopic (exact) mass is 493 g/mol. The van der Waals surface area contributed by atoms with Crippen molar-refractivity contribution in [1.29, 1.82) is 0 Å². The molecular formula is C19H32IN3O2S. The highest BCUT2D eigenvalue weighted by Crippen LogP contribution is 2.23. The second kappa shape index (κ2) is 11.1. The van der Waals surface area contributed by atoms with E-state index >= 15 is 0 Å². The Bertz CT molecular complexity index is 667. The third-order valence-corrected chi connectivity index (χ3v) is 5.85. The Morgan fingerprint density at radius 1 is 1.15 bits per heavy atom. The van der Waals surface area contributed by atoms with E-state index in [1.165, 1.54) is 31.9 Å². The molecule has 1 aromatic rings. The summed E-state index contributed by atoms with van der Waals surface area (Å²) < 4.78 is 23.0. The molecule has 1 fully saturated rings. The van der Waals surface area contributed by atoms with Crippen LogP contribution in [-0.2, 0) is 16.3 Å². The Labute approximate surface area is 175 Å². The normalized spacial score (nSPS) is 21.0. The van der Waals surface area contributed by atoms with Gasteiger partial charge in [0.05, 0.1) is 4.90 Å². The number of rotatable bonds is 6. The highest BCUT2D eigenvalue weighted by molar-refractivity contribution is 14.0. The molecule has 0 spiro atoms. The Morgan fingerprint density at radius 3 is 2.31 bits per heavy atom. The van der Waals surface area contributed by atoms with Gasteiger partial charge in [0, 0.05) is 25.4 Å². The van der Waals surface area contributed by atoms with Crippen LogP contribution < -0.4 is 10.6 Å². The maximum atomic E-state index is 11.5. The fourth-order valence-electron chi connectivity index (χ4n) is 3.12. The van der Waals surface area contributed by atoms with Crippen LogP contribution in [0, 0.1) is 5.92 Å². The summed E-state index contributed by atoms with van der Waals surface area (Å²) in [4.78, 5) is 5.03. The summed E-state index contributed by atoms with van der Waals surface area (Å²) in [6.45, 7) is 5.92. The summed E-state index contributed by atoms with van der Waals surface area (Å²) in [5, 5.41) is 6.87. The molecule has 1 aliphatic rings. The fraction of sp³-hybridized carbons (Fsp3) is 0.632. The largest absolute Gasteiger partial charge is 0.357 e. The minimum atomic E-state index is -3.13. The molecule has 1 aliphatic carbocycles. The number of hydrogen-bond acceptors (Lipinski definition) is 3. The van der Waals surface area contributed by atoms with E-state index in [0.29, 0.717) is 17.5 Å². The summed E-state index contributed by atoms with van der Waals surface area (Å²) in [5.74, 6) is 1.72. The van der Waals surface area contributed by atoms with Gasteiger partial charge in [0.2, 0.25) is 0 Å². The third-order valence-electron chi connectivity index (χ3n) is 4.72. The summed E-state index contributed by atoms with van der Waals surface area (Å²) in [7, 11) is -3.13. The number of aliphatic imine (C=N–C) groups is 1. The van der Waals surface area contributed by atoms with Gasteiger partial charge in [-0.1, -0.05) is 19.1 Å². The van der Waals surface area contributed by atoms with E-state index in [0.717, 1.165) is 30.4 Å². The first-order valence-electron chi connectivity index (χ1n) is 9.22. The molecule has 2 rings (SSSR count). The molecule has 0 bridgehead atoms. The van der Waals surface area contributed by atoms with Gasteiger partial charge in [-0.05, 0) is 62.6 Å². The van der Waals surface area contributed by atoms with Crippen LogP contribution in [0.5, 0.6) is 0 Å². The number of halogens is 1. The first-order chi connectivity index (χ1) is 11.9.